The van der Waals surface area contributed by atoms with Crippen LogP contribution in [0.1, 0.15) is 23.3 Å². The van der Waals surface area contributed by atoms with Gasteiger partial charge in [-0.15, -0.1) is 0 Å². The number of hydrogen-bond acceptors (Lipinski definition) is 5. The molecule has 0 saturated carbocycles. The molecule has 0 fully saturated rings. The topological polar surface area (TPSA) is 85.2 Å². The van der Waals surface area contributed by atoms with Crippen LogP contribution in [0.3, 0.4) is 0 Å². The second-order valence-electron chi connectivity index (χ2n) is 3.41. The number of aromatic nitrogens is 2. The summed E-state index contributed by atoms with van der Waals surface area (Å²) in [6, 6.07) is 9.11. The maximum Gasteiger partial charge on any atom is 0.248 e. The number of rotatable bonds is 4. The van der Waals surface area contributed by atoms with Crippen molar-refractivity contribution in [3.63, 3.8) is 0 Å². The van der Waals surface area contributed by atoms with E-state index in [0.717, 1.165) is 5.56 Å². The minimum Gasteiger partial charge on any atom is -0.396 e. The summed E-state index contributed by atoms with van der Waals surface area (Å²) < 4.78 is 5.04. The van der Waals surface area contributed by atoms with Gasteiger partial charge in [0.05, 0.1) is 6.61 Å². The fourth-order valence-corrected chi connectivity index (χ4v) is 1.40. The van der Waals surface area contributed by atoms with Crippen molar-refractivity contribution >= 4 is 0 Å². The molecule has 2 rings (SSSR count). The third-order valence-corrected chi connectivity index (χ3v) is 2.24. The monoisotopic (exact) mass is 219 g/mol. The summed E-state index contributed by atoms with van der Waals surface area (Å²) in [5, 5.41) is 12.5. The van der Waals surface area contributed by atoms with Crippen molar-refractivity contribution in [3.05, 3.63) is 47.6 Å². The van der Waals surface area contributed by atoms with Gasteiger partial charge in [-0.05, 0) is 5.56 Å². The average Bonchev–Trinajstić information content (AvgIpc) is 2.78. The van der Waals surface area contributed by atoms with Gasteiger partial charge in [0.2, 0.25) is 5.89 Å². The summed E-state index contributed by atoms with van der Waals surface area (Å²) in [4.78, 5) is 4.11. The molecule has 5 heteroatoms. The average molecular weight is 219 g/mol. The Morgan fingerprint density at radius 1 is 1.31 bits per heavy atom. The number of hydrogen-bond donors (Lipinski definition) is 2. The first kappa shape index (κ1) is 10.8. The van der Waals surface area contributed by atoms with Gasteiger partial charge in [0.1, 0.15) is 6.04 Å². The number of benzene rings is 1. The number of nitrogens with zero attached hydrogens (tertiary/aromatic N) is 2. The van der Waals surface area contributed by atoms with E-state index in [-0.39, 0.29) is 6.61 Å². The molecule has 0 bridgehead atoms. The van der Waals surface area contributed by atoms with Crippen molar-refractivity contribution in [2.45, 2.75) is 12.5 Å². The van der Waals surface area contributed by atoms with E-state index >= 15 is 0 Å². The van der Waals surface area contributed by atoms with Crippen LogP contribution in [0, 0.1) is 0 Å². The summed E-state index contributed by atoms with van der Waals surface area (Å²) in [7, 11) is 0. The normalized spacial score (nSPS) is 12.6. The molecule has 16 heavy (non-hydrogen) atoms. The molecule has 84 valence electrons. The van der Waals surface area contributed by atoms with E-state index in [0.29, 0.717) is 18.1 Å². The largest absolute Gasteiger partial charge is 0.396 e. The molecule has 0 aliphatic heterocycles. The smallest absolute Gasteiger partial charge is 0.248 e. The van der Waals surface area contributed by atoms with Gasteiger partial charge in [-0.25, -0.2) is 0 Å². The minimum atomic E-state index is -0.416. The van der Waals surface area contributed by atoms with Crippen LogP contribution >= 0.6 is 0 Å². The molecule has 3 N–H and O–H groups in total. The highest BCUT2D eigenvalue weighted by Gasteiger charge is 2.15. The number of aliphatic hydroxyl groups excluding tert-OH is 1. The second-order valence-corrected chi connectivity index (χ2v) is 3.41. The van der Waals surface area contributed by atoms with Gasteiger partial charge in [-0.2, -0.15) is 4.98 Å². The van der Waals surface area contributed by atoms with E-state index in [1.807, 2.05) is 30.3 Å². The predicted octanol–water partition coefficient (Wildman–Crippen LogP) is 0.652. The molecular weight excluding hydrogens is 206 g/mol. The SMILES string of the molecule is N[C@H](c1ccccc1)c1nc(CCO)no1. The van der Waals surface area contributed by atoms with Crippen molar-refractivity contribution in [2.24, 2.45) is 5.73 Å². The minimum absolute atomic E-state index is 0.000448. The van der Waals surface area contributed by atoms with Gasteiger partial charge in [0.25, 0.3) is 0 Å². The predicted molar refractivity (Wildman–Crippen MR) is 57.6 cm³/mol. The van der Waals surface area contributed by atoms with E-state index < -0.39 is 6.04 Å². The summed E-state index contributed by atoms with van der Waals surface area (Å²) in [5.74, 6) is 0.846. The molecule has 0 radical (unpaired) electrons. The molecule has 5 nitrogen and oxygen atoms in total. The maximum atomic E-state index is 8.73. The van der Waals surface area contributed by atoms with Crippen molar-refractivity contribution in [3.8, 4) is 0 Å². The number of aliphatic hydroxyl groups is 1. The highest BCUT2D eigenvalue weighted by atomic mass is 16.5. The van der Waals surface area contributed by atoms with Gasteiger partial charge in [-0.1, -0.05) is 35.5 Å². The van der Waals surface area contributed by atoms with Crippen LogP contribution < -0.4 is 5.73 Å². The molecule has 0 saturated heterocycles. The molecule has 0 spiro atoms. The lowest BCUT2D eigenvalue weighted by molar-refractivity contribution is 0.292. The van der Waals surface area contributed by atoms with E-state index in [1.165, 1.54) is 0 Å². The molecule has 2 aromatic rings. The van der Waals surface area contributed by atoms with E-state index in [4.69, 9.17) is 15.4 Å². The molecule has 0 aliphatic rings. The van der Waals surface area contributed by atoms with Crippen molar-refractivity contribution in [1.29, 1.82) is 0 Å². The Balaban J connectivity index is 2.17. The van der Waals surface area contributed by atoms with E-state index in [2.05, 4.69) is 10.1 Å². The van der Waals surface area contributed by atoms with Gasteiger partial charge in [0, 0.05) is 6.42 Å². The summed E-state index contributed by atoms with van der Waals surface area (Å²) >= 11 is 0. The fourth-order valence-electron chi connectivity index (χ4n) is 1.40. The van der Waals surface area contributed by atoms with Gasteiger partial charge in [0.15, 0.2) is 5.82 Å². The van der Waals surface area contributed by atoms with Gasteiger partial charge >= 0.3 is 0 Å². The first-order valence-corrected chi connectivity index (χ1v) is 5.05. The Labute approximate surface area is 92.9 Å². The van der Waals surface area contributed by atoms with Crippen LogP contribution in [-0.2, 0) is 6.42 Å². The Hall–Kier alpha value is -1.72. The van der Waals surface area contributed by atoms with Crippen LogP contribution in [0.4, 0.5) is 0 Å². The Morgan fingerprint density at radius 2 is 2.06 bits per heavy atom. The first-order valence-electron chi connectivity index (χ1n) is 5.05. The van der Waals surface area contributed by atoms with Crippen LogP contribution in [0.15, 0.2) is 34.9 Å². The number of nitrogens with two attached hydrogens (primary N) is 1. The highest BCUT2D eigenvalue weighted by molar-refractivity contribution is 5.22. The Kier molecular flexibility index (Phi) is 3.28. The van der Waals surface area contributed by atoms with Crippen molar-refractivity contribution in [1.82, 2.24) is 10.1 Å². The molecule has 1 aromatic carbocycles. The molecule has 1 aromatic heterocycles. The van der Waals surface area contributed by atoms with Crippen molar-refractivity contribution < 1.29 is 9.63 Å². The summed E-state index contributed by atoms with van der Waals surface area (Å²) in [6.07, 6.45) is 0.380. The molecule has 1 atom stereocenters. The molecular formula is C11H13N3O2. The third kappa shape index (κ3) is 2.26. The Morgan fingerprint density at radius 3 is 2.75 bits per heavy atom. The molecule has 0 unspecified atom stereocenters. The quantitative estimate of drug-likeness (QED) is 0.788. The van der Waals surface area contributed by atoms with Gasteiger partial charge in [-0.3, -0.25) is 0 Å². The first-order chi connectivity index (χ1) is 7.81. The zero-order chi connectivity index (χ0) is 11.4. The summed E-state index contributed by atoms with van der Waals surface area (Å²) in [6.45, 7) is -0.000448. The van der Waals surface area contributed by atoms with Gasteiger partial charge < -0.3 is 15.4 Å². The molecule has 1 heterocycles. The van der Waals surface area contributed by atoms with Crippen LogP contribution in [0.5, 0.6) is 0 Å². The van der Waals surface area contributed by atoms with Crippen LogP contribution in [0.2, 0.25) is 0 Å². The van der Waals surface area contributed by atoms with E-state index in [1.54, 1.807) is 0 Å². The zero-order valence-electron chi connectivity index (χ0n) is 8.71. The maximum absolute atomic E-state index is 8.73. The van der Waals surface area contributed by atoms with E-state index in [9.17, 15) is 0 Å². The molecule has 0 aliphatic carbocycles. The highest BCUT2D eigenvalue weighted by Crippen LogP contribution is 2.17. The third-order valence-electron chi connectivity index (χ3n) is 2.24. The Bertz CT molecular complexity index is 442. The zero-order valence-corrected chi connectivity index (χ0v) is 8.71. The second kappa shape index (κ2) is 4.87. The van der Waals surface area contributed by atoms with Crippen LogP contribution in [-0.4, -0.2) is 21.9 Å². The summed E-state index contributed by atoms with van der Waals surface area (Å²) in [5.41, 5.74) is 6.89. The fraction of sp³-hybridized carbons (Fsp3) is 0.273. The standard InChI is InChI=1S/C11H13N3O2/c12-10(8-4-2-1-3-5-8)11-13-9(6-7-15)14-16-11/h1-5,10,15H,6-7,12H2/t10-/m1/s1. The molecule has 0 amide bonds. The van der Waals surface area contributed by atoms with Crippen molar-refractivity contribution in [2.75, 3.05) is 6.61 Å². The lowest BCUT2D eigenvalue weighted by Crippen LogP contribution is -2.12. The lowest BCUT2D eigenvalue weighted by Gasteiger charge is -2.05. The lowest BCUT2D eigenvalue weighted by atomic mass is 10.1. The van der Waals surface area contributed by atoms with Crippen LogP contribution in [0.25, 0.3) is 0 Å².